The van der Waals surface area contributed by atoms with Crippen molar-refractivity contribution in [1.82, 2.24) is 4.72 Å². The highest BCUT2D eigenvalue weighted by Gasteiger charge is 2.14. The minimum Gasteiger partial charge on any atom is -0.392 e. The van der Waals surface area contributed by atoms with Crippen LogP contribution in [0, 0.1) is 13.8 Å². The molecule has 0 fully saturated rings. The van der Waals surface area contributed by atoms with Crippen LogP contribution in [0.25, 0.3) is 0 Å². The Labute approximate surface area is 101 Å². The van der Waals surface area contributed by atoms with Gasteiger partial charge in [0.2, 0.25) is 10.0 Å². The maximum Gasteiger partial charge on any atom is 0.240 e. The molecule has 16 heavy (non-hydrogen) atoms. The molecule has 0 aliphatic heterocycles. The molecule has 0 saturated carbocycles. The Bertz CT molecular complexity index is 510. The van der Waals surface area contributed by atoms with Crippen LogP contribution in [0.3, 0.4) is 0 Å². The zero-order chi connectivity index (χ0) is 12.3. The minimum atomic E-state index is -3.51. The number of hydrogen-bond donors (Lipinski definition) is 2. The van der Waals surface area contributed by atoms with Crippen molar-refractivity contribution in [3.05, 3.63) is 29.3 Å². The fourth-order valence-electron chi connectivity index (χ4n) is 1.13. The van der Waals surface area contributed by atoms with Gasteiger partial charge in [0.1, 0.15) is 0 Å². The molecule has 0 atom stereocenters. The van der Waals surface area contributed by atoms with E-state index in [2.05, 4.69) is 16.9 Å². The summed E-state index contributed by atoms with van der Waals surface area (Å²) < 4.78 is 25.9. The summed E-state index contributed by atoms with van der Waals surface area (Å²) in [6.45, 7) is 3.76. The number of benzene rings is 1. The molecule has 88 valence electrons. The molecule has 0 bridgehead atoms. The molecule has 0 aliphatic rings. The van der Waals surface area contributed by atoms with Crippen molar-refractivity contribution < 1.29 is 8.42 Å². The number of aryl methyl sites for hydroxylation is 2. The average molecular weight is 258 g/mol. The highest BCUT2D eigenvalue weighted by Crippen LogP contribution is 2.14. The lowest BCUT2D eigenvalue weighted by Crippen LogP contribution is -2.32. The van der Waals surface area contributed by atoms with E-state index in [0.29, 0.717) is 0 Å². The molecule has 0 heterocycles. The number of nitrogens with one attached hydrogen (secondary N) is 1. The number of sulfonamides is 1. The van der Waals surface area contributed by atoms with Gasteiger partial charge in [-0.3, -0.25) is 0 Å². The Kier molecular flexibility index (Phi) is 4.01. The second kappa shape index (κ2) is 4.90. The zero-order valence-electron chi connectivity index (χ0n) is 9.15. The summed E-state index contributed by atoms with van der Waals surface area (Å²) in [5.74, 6) is 0. The Hall–Kier alpha value is -0.980. The van der Waals surface area contributed by atoms with Gasteiger partial charge >= 0.3 is 0 Å². The lowest BCUT2D eigenvalue weighted by molar-refractivity contribution is 0.586. The van der Waals surface area contributed by atoms with Crippen LogP contribution in [0.4, 0.5) is 0 Å². The van der Waals surface area contributed by atoms with E-state index >= 15 is 0 Å². The quantitative estimate of drug-likeness (QED) is 0.786. The van der Waals surface area contributed by atoms with Gasteiger partial charge < -0.3 is 5.73 Å². The van der Waals surface area contributed by atoms with Gasteiger partial charge in [0.25, 0.3) is 0 Å². The monoisotopic (exact) mass is 258 g/mol. The summed E-state index contributed by atoms with van der Waals surface area (Å²) in [4.78, 5) is 0.347. The van der Waals surface area contributed by atoms with Crippen molar-refractivity contribution in [3.63, 3.8) is 0 Å². The Morgan fingerprint density at radius 2 is 2.00 bits per heavy atom. The van der Waals surface area contributed by atoms with Crippen LogP contribution in [-0.4, -0.2) is 20.0 Å². The fourth-order valence-corrected chi connectivity index (χ4v) is 2.39. The SMILES string of the molecule is Cc1ccc(S(=O)(=O)NCC(N)=S)cc1C. The minimum absolute atomic E-state index is 0.0232. The topological polar surface area (TPSA) is 72.2 Å². The molecule has 1 aromatic rings. The molecule has 0 amide bonds. The molecule has 0 spiro atoms. The molecule has 0 radical (unpaired) electrons. The lowest BCUT2D eigenvalue weighted by Gasteiger charge is -2.07. The maximum absolute atomic E-state index is 11.8. The van der Waals surface area contributed by atoms with Crippen molar-refractivity contribution in [1.29, 1.82) is 0 Å². The van der Waals surface area contributed by atoms with Crippen LogP contribution in [-0.2, 0) is 10.0 Å². The predicted octanol–water partition coefficient (Wildman–Crippen LogP) is 0.868. The molecule has 1 rings (SSSR count). The average Bonchev–Trinajstić information content (AvgIpc) is 2.19. The highest BCUT2D eigenvalue weighted by atomic mass is 32.2. The van der Waals surface area contributed by atoms with Gasteiger partial charge in [0, 0.05) is 0 Å². The van der Waals surface area contributed by atoms with Crippen molar-refractivity contribution in [2.75, 3.05) is 6.54 Å². The lowest BCUT2D eigenvalue weighted by atomic mass is 10.1. The van der Waals surface area contributed by atoms with E-state index in [0.717, 1.165) is 11.1 Å². The maximum atomic E-state index is 11.8. The number of nitrogens with two attached hydrogens (primary N) is 1. The smallest absolute Gasteiger partial charge is 0.240 e. The number of hydrogen-bond acceptors (Lipinski definition) is 3. The normalized spacial score (nSPS) is 11.4. The van der Waals surface area contributed by atoms with E-state index < -0.39 is 10.0 Å². The van der Waals surface area contributed by atoms with E-state index in [4.69, 9.17) is 5.73 Å². The standard InChI is InChI=1S/C10H14N2O2S2/c1-7-3-4-9(5-8(7)2)16(13,14)12-6-10(11)15/h3-5,12H,6H2,1-2H3,(H2,11,15). The molecule has 3 N–H and O–H groups in total. The molecule has 0 saturated heterocycles. The van der Waals surface area contributed by atoms with Crippen LogP contribution >= 0.6 is 12.2 Å². The third kappa shape index (κ3) is 3.26. The summed E-state index contributed by atoms with van der Waals surface area (Å²) in [6.07, 6.45) is 0. The summed E-state index contributed by atoms with van der Waals surface area (Å²) in [5, 5.41) is 0. The second-order valence-electron chi connectivity index (χ2n) is 3.54. The van der Waals surface area contributed by atoms with Gasteiger partial charge in [-0.05, 0) is 37.1 Å². The van der Waals surface area contributed by atoms with Crippen LogP contribution < -0.4 is 10.5 Å². The van der Waals surface area contributed by atoms with Crippen LogP contribution in [0.1, 0.15) is 11.1 Å². The van der Waals surface area contributed by atoms with E-state index in [1.54, 1.807) is 18.2 Å². The van der Waals surface area contributed by atoms with E-state index in [1.807, 2.05) is 13.8 Å². The summed E-state index contributed by atoms with van der Waals surface area (Å²) >= 11 is 4.61. The molecular formula is C10H14N2O2S2. The molecule has 1 aromatic carbocycles. The first-order valence-electron chi connectivity index (χ1n) is 4.68. The van der Waals surface area contributed by atoms with Crippen LogP contribution in [0.2, 0.25) is 0 Å². The Morgan fingerprint density at radius 3 is 2.50 bits per heavy atom. The van der Waals surface area contributed by atoms with Gasteiger partial charge in [-0.1, -0.05) is 18.3 Å². The first-order chi connectivity index (χ1) is 7.33. The van der Waals surface area contributed by atoms with Crippen LogP contribution in [0.5, 0.6) is 0 Å². The van der Waals surface area contributed by atoms with Crippen molar-refractivity contribution >= 4 is 27.2 Å². The van der Waals surface area contributed by atoms with Gasteiger partial charge in [0.05, 0.1) is 16.4 Å². The molecule has 0 aliphatic carbocycles. The largest absolute Gasteiger partial charge is 0.392 e. The van der Waals surface area contributed by atoms with Crippen molar-refractivity contribution in [2.45, 2.75) is 18.7 Å². The van der Waals surface area contributed by atoms with Gasteiger partial charge in [-0.25, -0.2) is 13.1 Å². The Balaban J connectivity index is 2.99. The van der Waals surface area contributed by atoms with Gasteiger partial charge in [0.15, 0.2) is 0 Å². The van der Waals surface area contributed by atoms with E-state index in [-0.39, 0.29) is 16.4 Å². The first-order valence-corrected chi connectivity index (χ1v) is 6.57. The molecule has 0 aromatic heterocycles. The summed E-state index contributed by atoms with van der Waals surface area (Å²) in [6, 6.07) is 4.95. The van der Waals surface area contributed by atoms with Crippen molar-refractivity contribution in [2.24, 2.45) is 5.73 Å². The first kappa shape index (κ1) is 13.1. The zero-order valence-corrected chi connectivity index (χ0v) is 10.8. The van der Waals surface area contributed by atoms with E-state index in [9.17, 15) is 8.42 Å². The molecular weight excluding hydrogens is 244 g/mol. The van der Waals surface area contributed by atoms with E-state index in [1.165, 1.54) is 0 Å². The number of rotatable bonds is 4. The molecule has 0 unspecified atom stereocenters. The Morgan fingerprint density at radius 1 is 1.38 bits per heavy atom. The molecule has 4 nitrogen and oxygen atoms in total. The van der Waals surface area contributed by atoms with Gasteiger partial charge in [-0.15, -0.1) is 0 Å². The third-order valence-electron chi connectivity index (χ3n) is 2.23. The van der Waals surface area contributed by atoms with Crippen LogP contribution in [0.15, 0.2) is 23.1 Å². The number of thiocarbonyl (C=S) groups is 1. The predicted molar refractivity (Wildman–Crippen MR) is 67.9 cm³/mol. The van der Waals surface area contributed by atoms with Crippen molar-refractivity contribution in [3.8, 4) is 0 Å². The fraction of sp³-hybridized carbons (Fsp3) is 0.300. The highest BCUT2D eigenvalue weighted by molar-refractivity contribution is 7.89. The summed E-state index contributed by atoms with van der Waals surface area (Å²) in [5.41, 5.74) is 7.21. The van der Waals surface area contributed by atoms with Gasteiger partial charge in [-0.2, -0.15) is 0 Å². The third-order valence-corrected chi connectivity index (χ3v) is 3.77. The summed E-state index contributed by atoms with van der Waals surface area (Å²) in [7, 11) is -3.51. The second-order valence-corrected chi connectivity index (χ2v) is 5.83. The molecule has 6 heteroatoms.